The third-order valence-electron chi connectivity index (χ3n) is 2.45. The molecule has 0 aromatic heterocycles. The van der Waals surface area contributed by atoms with Gasteiger partial charge in [0, 0.05) is 13.6 Å². The molecule has 94 valence electrons. The van der Waals surface area contributed by atoms with Gasteiger partial charge in [0.15, 0.2) is 5.82 Å². The SMILES string of the molecule is CNCCCN(C)C(=O)c1cccc(Cl)c1F. The Morgan fingerprint density at radius 1 is 1.53 bits per heavy atom. The summed E-state index contributed by atoms with van der Waals surface area (Å²) in [6.07, 6.45) is 0.820. The third kappa shape index (κ3) is 3.68. The summed E-state index contributed by atoms with van der Waals surface area (Å²) in [5.74, 6) is -0.999. The van der Waals surface area contributed by atoms with Gasteiger partial charge >= 0.3 is 0 Å². The molecule has 1 amide bonds. The Hall–Kier alpha value is -1.13. The molecule has 0 heterocycles. The minimum Gasteiger partial charge on any atom is -0.342 e. The summed E-state index contributed by atoms with van der Waals surface area (Å²) in [6.45, 7) is 1.39. The first-order valence-electron chi connectivity index (χ1n) is 5.42. The summed E-state index contributed by atoms with van der Waals surface area (Å²) in [5.41, 5.74) is 0.0180. The maximum Gasteiger partial charge on any atom is 0.256 e. The van der Waals surface area contributed by atoms with Crippen LogP contribution in [0.5, 0.6) is 0 Å². The number of carbonyl (C=O) groups excluding carboxylic acids is 1. The van der Waals surface area contributed by atoms with Crippen LogP contribution in [0.15, 0.2) is 18.2 Å². The minimum absolute atomic E-state index is 0.0180. The highest BCUT2D eigenvalue weighted by molar-refractivity contribution is 6.31. The first-order chi connectivity index (χ1) is 8.07. The van der Waals surface area contributed by atoms with Crippen LogP contribution in [-0.2, 0) is 0 Å². The maximum absolute atomic E-state index is 13.6. The molecule has 5 heteroatoms. The van der Waals surface area contributed by atoms with Crippen molar-refractivity contribution in [2.75, 3.05) is 27.2 Å². The molecular weight excluding hydrogens is 243 g/mol. The van der Waals surface area contributed by atoms with Crippen molar-refractivity contribution in [3.63, 3.8) is 0 Å². The monoisotopic (exact) mass is 258 g/mol. The van der Waals surface area contributed by atoms with E-state index >= 15 is 0 Å². The number of carbonyl (C=O) groups is 1. The van der Waals surface area contributed by atoms with Crippen LogP contribution in [0, 0.1) is 5.82 Å². The molecule has 0 fully saturated rings. The number of hydrogen-bond donors (Lipinski definition) is 1. The number of benzene rings is 1. The lowest BCUT2D eigenvalue weighted by Crippen LogP contribution is -2.30. The highest BCUT2D eigenvalue weighted by atomic mass is 35.5. The molecule has 1 aromatic rings. The highest BCUT2D eigenvalue weighted by Crippen LogP contribution is 2.18. The van der Waals surface area contributed by atoms with E-state index in [1.165, 1.54) is 17.0 Å². The Morgan fingerprint density at radius 2 is 2.24 bits per heavy atom. The molecule has 1 N–H and O–H groups in total. The fourth-order valence-electron chi connectivity index (χ4n) is 1.47. The van der Waals surface area contributed by atoms with Crippen molar-refractivity contribution in [3.05, 3.63) is 34.6 Å². The molecule has 0 atom stereocenters. The van der Waals surface area contributed by atoms with Crippen molar-refractivity contribution in [2.24, 2.45) is 0 Å². The van der Waals surface area contributed by atoms with Crippen LogP contribution in [0.3, 0.4) is 0 Å². The van der Waals surface area contributed by atoms with Gasteiger partial charge in [-0.25, -0.2) is 4.39 Å². The van der Waals surface area contributed by atoms with Crippen molar-refractivity contribution in [2.45, 2.75) is 6.42 Å². The number of rotatable bonds is 5. The Labute approximate surface area is 106 Å². The van der Waals surface area contributed by atoms with Gasteiger partial charge in [-0.2, -0.15) is 0 Å². The maximum atomic E-state index is 13.6. The van der Waals surface area contributed by atoms with E-state index in [9.17, 15) is 9.18 Å². The van der Waals surface area contributed by atoms with Crippen molar-refractivity contribution in [3.8, 4) is 0 Å². The average Bonchev–Trinajstić information content (AvgIpc) is 2.32. The van der Waals surface area contributed by atoms with Crippen LogP contribution < -0.4 is 5.32 Å². The molecule has 0 unspecified atom stereocenters. The smallest absolute Gasteiger partial charge is 0.256 e. The zero-order chi connectivity index (χ0) is 12.8. The van der Waals surface area contributed by atoms with E-state index in [2.05, 4.69) is 5.32 Å². The molecule has 0 aliphatic heterocycles. The number of amides is 1. The largest absolute Gasteiger partial charge is 0.342 e. The van der Waals surface area contributed by atoms with Crippen LogP contribution in [0.1, 0.15) is 16.8 Å². The molecule has 0 spiro atoms. The average molecular weight is 259 g/mol. The van der Waals surface area contributed by atoms with Gasteiger partial charge in [-0.15, -0.1) is 0 Å². The van der Waals surface area contributed by atoms with E-state index < -0.39 is 5.82 Å². The predicted molar refractivity (Wildman–Crippen MR) is 66.9 cm³/mol. The zero-order valence-corrected chi connectivity index (χ0v) is 10.7. The van der Waals surface area contributed by atoms with Crippen molar-refractivity contribution in [1.29, 1.82) is 0 Å². The van der Waals surface area contributed by atoms with Crippen molar-refractivity contribution < 1.29 is 9.18 Å². The second-order valence-electron chi connectivity index (χ2n) is 3.79. The number of halogens is 2. The summed E-state index contributed by atoms with van der Waals surface area (Å²) in [4.78, 5) is 13.4. The van der Waals surface area contributed by atoms with Crippen LogP contribution in [0.4, 0.5) is 4.39 Å². The normalized spacial score (nSPS) is 10.4. The molecule has 3 nitrogen and oxygen atoms in total. The molecule has 0 aliphatic rings. The lowest BCUT2D eigenvalue weighted by atomic mass is 10.2. The summed E-state index contributed by atoms with van der Waals surface area (Å²) >= 11 is 5.63. The molecule has 1 aromatic carbocycles. The predicted octanol–water partition coefficient (Wildman–Crippen LogP) is 2.16. The minimum atomic E-state index is -0.653. The Morgan fingerprint density at radius 3 is 2.88 bits per heavy atom. The topological polar surface area (TPSA) is 32.3 Å². The van der Waals surface area contributed by atoms with E-state index in [0.29, 0.717) is 6.54 Å². The van der Waals surface area contributed by atoms with Crippen LogP contribution in [0.25, 0.3) is 0 Å². The number of nitrogens with one attached hydrogen (secondary N) is 1. The third-order valence-corrected chi connectivity index (χ3v) is 2.74. The summed E-state index contributed by atoms with van der Waals surface area (Å²) in [6, 6.07) is 4.44. The van der Waals surface area contributed by atoms with E-state index in [4.69, 9.17) is 11.6 Å². The molecule has 1 rings (SSSR count). The lowest BCUT2D eigenvalue weighted by Gasteiger charge is -2.17. The van der Waals surface area contributed by atoms with E-state index in [-0.39, 0.29) is 16.5 Å². The lowest BCUT2D eigenvalue weighted by molar-refractivity contribution is 0.0789. The standard InChI is InChI=1S/C12H16ClFN2O/c1-15-7-4-8-16(2)12(17)9-5-3-6-10(13)11(9)14/h3,5-6,15H,4,7-8H2,1-2H3. The Kier molecular flexibility index (Phi) is 5.38. The Bertz CT molecular complexity index is 398. The quantitative estimate of drug-likeness (QED) is 0.821. The summed E-state index contributed by atoms with van der Waals surface area (Å²) in [7, 11) is 3.50. The molecular formula is C12H16ClFN2O. The number of nitrogens with zero attached hydrogens (tertiary/aromatic N) is 1. The fraction of sp³-hybridized carbons (Fsp3) is 0.417. The van der Waals surface area contributed by atoms with Crippen molar-refractivity contribution in [1.82, 2.24) is 10.2 Å². The van der Waals surface area contributed by atoms with Gasteiger partial charge in [0.05, 0.1) is 10.6 Å². The molecule has 0 radical (unpaired) electrons. The van der Waals surface area contributed by atoms with Gasteiger partial charge in [-0.3, -0.25) is 4.79 Å². The van der Waals surface area contributed by atoms with E-state index in [1.807, 2.05) is 7.05 Å². The zero-order valence-electron chi connectivity index (χ0n) is 9.96. The van der Waals surface area contributed by atoms with E-state index in [1.54, 1.807) is 13.1 Å². The summed E-state index contributed by atoms with van der Waals surface area (Å²) < 4.78 is 13.6. The molecule has 0 aliphatic carbocycles. The Balaban J connectivity index is 2.71. The molecule has 0 saturated carbocycles. The molecule has 0 bridgehead atoms. The van der Waals surface area contributed by atoms with Crippen molar-refractivity contribution >= 4 is 17.5 Å². The fourth-order valence-corrected chi connectivity index (χ4v) is 1.64. The first kappa shape index (κ1) is 13.9. The highest BCUT2D eigenvalue weighted by Gasteiger charge is 2.17. The first-order valence-corrected chi connectivity index (χ1v) is 5.79. The van der Waals surface area contributed by atoms with Gasteiger partial charge in [0.1, 0.15) is 0 Å². The second kappa shape index (κ2) is 6.57. The van der Waals surface area contributed by atoms with Gasteiger partial charge in [-0.05, 0) is 32.1 Å². The van der Waals surface area contributed by atoms with Gasteiger partial charge < -0.3 is 10.2 Å². The van der Waals surface area contributed by atoms with Gasteiger partial charge in [-0.1, -0.05) is 17.7 Å². The van der Waals surface area contributed by atoms with E-state index in [0.717, 1.165) is 13.0 Å². The van der Waals surface area contributed by atoms with Crippen LogP contribution in [0.2, 0.25) is 5.02 Å². The van der Waals surface area contributed by atoms with Gasteiger partial charge in [0.25, 0.3) is 5.91 Å². The molecule has 0 saturated heterocycles. The second-order valence-corrected chi connectivity index (χ2v) is 4.19. The van der Waals surface area contributed by atoms with Gasteiger partial charge in [0.2, 0.25) is 0 Å². The number of hydrogen-bond acceptors (Lipinski definition) is 2. The van der Waals surface area contributed by atoms with Crippen LogP contribution >= 0.6 is 11.6 Å². The summed E-state index contributed by atoms with van der Waals surface area (Å²) in [5, 5.41) is 2.96. The van der Waals surface area contributed by atoms with Crippen LogP contribution in [-0.4, -0.2) is 38.0 Å². The molecule has 17 heavy (non-hydrogen) atoms.